The minimum atomic E-state index is -1.49. The van der Waals surface area contributed by atoms with Crippen molar-refractivity contribution in [3.8, 4) is 11.5 Å². The highest BCUT2D eigenvalue weighted by Crippen LogP contribution is 2.36. The lowest BCUT2D eigenvalue weighted by Gasteiger charge is -2.31. The lowest BCUT2D eigenvalue weighted by atomic mass is 10.00. The standard InChI is InChI=1S/C24H26Si/c1-25(2,23-13-4-3-5-14-23)16-15-19-11-8-12-22-17-20-9-6-7-10-21(20)18-24(19)22/h6-12,17-18,23H,3-5,13-14H2,1-2H3. The summed E-state index contributed by atoms with van der Waals surface area (Å²) >= 11 is 0. The maximum Gasteiger partial charge on any atom is 0.135 e. The lowest BCUT2D eigenvalue weighted by molar-refractivity contribution is 0.494. The molecular formula is C24H26Si. The van der Waals surface area contributed by atoms with Crippen LogP contribution >= 0.6 is 0 Å². The molecule has 0 amide bonds. The number of rotatable bonds is 1. The van der Waals surface area contributed by atoms with Crippen molar-refractivity contribution < 1.29 is 0 Å². The van der Waals surface area contributed by atoms with Crippen molar-refractivity contribution >= 4 is 29.6 Å². The van der Waals surface area contributed by atoms with Crippen LogP contribution in [0.3, 0.4) is 0 Å². The minimum absolute atomic E-state index is 0.879. The third-order valence-electron chi connectivity index (χ3n) is 5.89. The van der Waals surface area contributed by atoms with Crippen molar-refractivity contribution in [3.05, 3.63) is 60.2 Å². The van der Waals surface area contributed by atoms with E-state index in [9.17, 15) is 0 Å². The van der Waals surface area contributed by atoms with Crippen molar-refractivity contribution in [2.75, 3.05) is 0 Å². The summed E-state index contributed by atoms with van der Waals surface area (Å²) in [6, 6.07) is 19.7. The molecule has 4 rings (SSSR count). The van der Waals surface area contributed by atoms with Gasteiger partial charge in [0, 0.05) is 5.56 Å². The molecule has 0 spiro atoms. The van der Waals surface area contributed by atoms with Crippen molar-refractivity contribution in [1.82, 2.24) is 0 Å². The summed E-state index contributed by atoms with van der Waals surface area (Å²) in [6.07, 6.45) is 7.03. The van der Waals surface area contributed by atoms with Gasteiger partial charge in [-0.3, -0.25) is 0 Å². The summed E-state index contributed by atoms with van der Waals surface area (Å²) in [7, 11) is -1.49. The Morgan fingerprint density at radius 1 is 0.800 bits per heavy atom. The maximum absolute atomic E-state index is 3.77. The van der Waals surface area contributed by atoms with Crippen molar-refractivity contribution in [3.63, 3.8) is 0 Å². The third-order valence-corrected chi connectivity index (χ3v) is 9.28. The van der Waals surface area contributed by atoms with Crippen LogP contribution in [0, 0.1) is 11.5 Å². The number of fused-ring (bicyclic) bond motifs is 2. The number of benzene rings is 3. The van der Waals surface area contributed by atoms with E-state index < -0.39 is 8.07 Å². The van der Waals surface area contributed by atoms with Gasteiger partial charge in [0.2, 0.25) is 0 Å². The molecule has 25 heavy (non-hydrogen) atoms. The van der Waals surface area contributed by atoms with E-state index in [1.54, 1.807) is 0 Å². The first kappa shape index (κ1) is 16.4. The second-order valence-electron chi connectivity index (χ2n) is 8.03. The molecular weight excluding hydrogens is 316 g/mol. The average molecular weight is 343 g/mol. The Kier molecular flexibility index (Phi) is 4.40. The van der Waals surface area contributed by atoms with Crippen LogP contribution in [0.1, 0.15) is 37.7 Å². The molecule has 0 N–H and O–H groups in total. The maximum atomic E-state index is 3.77. The van der Waals surface area contributed by atoms with Gasteiger partial charge >= 0.3 is 0 Å². The molecule has 1 heteroatoms. The van der Waals surface area contributed by atoms with E-state index in [0.717, 1.165) is 5.54 Å². The summed E-state index contributed by atoms with van der Waals surface area (Å²) < 4.78 is 0. The molecule has 0 heterocycles. The predicted octanol–water partition coefficient (Wildman–Crippen LogP) is 6.93. The van der Waals surface area contributed by atoms with Gasteiger partial charge in [-0.05, 0) is 45.3 Å². The van der Waals surface area contributed by atoms with Gasteiger partial charge in [-0.25, -0.2) is 0 Å². The van der Waals surface area contributed by atoms with Gasteiger partial charge in [-0.2, -0.15) is 0 Å². The molecule has 0 unspecified atom stereocenters. The first-order valence-corrected chi connectivity index (χ1v) is 12.7. The van der Waals surface area contributed by atoms with Crippen LogP contribution in [0.4, 0.5) is 0 Å². The highest BCUT2D eigenvalue weighted by atomic mass is 28.3. The first-order chi connectivity index (χ1) is 12.1. The van der Waals surface area contributed by atoms with Gasteiger partial charge in [0.15, 0.2) is 0 Å². The van der Waals surface area contributed by atoms with E-state index in [2.05, 4.69) is 79.2 Å². The van der Waals surface area contributed by atoms with Crippen LogP contribution < -0.4 is 0 Å². The quantitative estimate of drug-likeness (QED) is 0.255. The topological polar surface area (TPSA) is 0 Å². The molecule has 0 radical (unpaired) electrons. The Morgan fingerprint density at radius 2 is 1.48 bits per heavy atom. The summed E-state index contributed by atoms with van der Waals surface area (Å²) in [6.45, 7) is 4.94. The number of hydrogen-bond donors (Lipinski definition) is 0. The van der Waals surface area contributed by atoms with E-state index in [1.165, 1.54) is 59.2 Å². The van der Waals surface area contributed by atoms with Crippen LogP contribution in [0.2, 0.25) is 18.6 Å². The Labute approximate surface area is 152 Å². The Morgan fingerprint density at radius 3 is 2.24 bits per heavy atom. The second-order valence-corrected chi connectivity index (χ2v) is 12.5. The molecule has 3 aromatic rings. The van der Waals surface area contributed by atoms with Crippen molar-refractivity contribution in [2.45, 2.75) is 50.7 Å². The van der Waals surface area contributed by atoms with Crippen LogP contribution in [-0.4, -0.2) is 8.07 Å². The predicted molar refractivity (Wildman–Crippen MR) is 113 cm³/mol. The molecule has 3 aromatic carbocycles. The van der Waals surface area contributed by atoms with Crippen molar-refractivity contribution in [2.24, 2.45) is 0 Å². The monoisotopic (exact) mass is 342 g/mol. The molecule has 126 valence electrons. The first-order valence-electron chi connectivity index (χ1n) is 9.58. The van der Waals surface area contributed by atoms with Gasteiger partial charge in [0.05, 0.1) is 0 Å². The fourth-order valence-corrected chi connectivity index (χ4v) is 6.74. The van der Waals surface area contributed by atoms with E-state index in [4.69, 9.17) is 0 Å². The van der Waals surface area contributed by atoms with Gasteiger partial charge in [-0.15, -0.1) is 5.54 Å². The van der Waals surface area contributed by atoms with Crippen LogP contribution in [0.5, 0.6) is 0 Å². The zero-order valence-corrected chi connectivity index (χ0v) is 16.3. The van der Waals surface area contributed by atoms with Gasteiger partial charge < -0.3 is 0 Å². The summed E-state index contributed by atoms with van der Waals surface area (Å²) in [5.41, 5.74) is 5.85. The molecule has 0 aliphatic heterocycles. The molecule has 0 aromatic heterocycles. The summed E-state index contributed by atoms with van der Waals surface area (Å²) in [5, 5.41) is 5.19. The Balaban J connectivity index is 1.75. The van der Waals surface area contributed by atoms with Crippen LogP contribution in [0.15, 0.2) is 54.6 Å². The van der Waals surface area contributed by atoms with Gasteiger partial charge in [-0.1, -0.05) is 87.5 Å². The molecule has 1 fully saturated rings. The normalized spacial score (nSPS) is 15.9. The lowest BCUT2D eigenvalue weighted by Crippen LogP contribution is -2.32. The minimum Gasteiger partial charge on any atom is -0.126 e. The van der Waals surface area contributed by atoms with Crippen LogP contribution in [0.25, 0.3) is 21.5 Å². The SMILES string of the molecule is C[Si](C)(C#Cc1cccc2cc3ccccc3cc12)C1CCCCC1. The summed E-state index contributed by atoms with van der Waals surface area (Å²) in [5.74, 6) is 3.60. The average Bonchev–Trinajstić information content (AvgIpc) is 2.65. The fourth-order valence-electron chi connectivity index (χ4n) is 4.23. The third kappa shape index (κ3) is 3.37. The van der Waals surface area contributed by atoms with Gasteiger partial charge in [0.1, 0.15) is 8.07 Å². The molecule has 0 saturated heterocycles. The van der Waals surface area contributed by atoms with E-state index in [1.807, 2.05) is 0 Å². The summed E-state index contributed by atoms with van der Waals surface area (Å²) in [4.78, 5) is 0. The van der Waals surface area contributed by atoms with Crippen LogP contribution in [-0.2, 0) is 0 Å². The van der Waals surface area contributed by atoms with E-state index >= 15 is 0 Å². The molecule has 0 nitrogen and oxygen atoms in total. The molecule has 1 saturated carbocycles. The highest BCUT2D eigenvalue weighted by molar-refractivity contribution is 6.86. The van der Waals surface area contributed by atoms with Gasteiger partial charge in [0.25, 0.3) is 0 Å². The highest BCUT2D eigenvalue weighted by Gasteiger charge is 2.31. The molecule has 0 atom stereocenters. The zero-order chi connectivity index (χ0) is 17.3. The van der Waals surface area contributed by atoms with E-state index in [-0.39, 0.29) is 0 Å². The Hall–Kier alpha value is -2.04. The fraction of sp³-hybridized carbons (Fsp3) is 0.333. The largest absolute Gasteiger partial charge is 0.135 e. The zero-order valence-electron chi connectivity index (χ0n) is 15.3. The molecule has 1 aliphatic rings. The number of hydrogen-bond acceptors (Lipinski definition) is 0. The molecule has 0 bridgehead atoms. The Bertz CT molecular complexity index is 965. The van der Waals surface area contributed by atoms with Crippen molar-refractivity contribution in [1.29, 1.82) is 0 Å². The second kappa shape index (κ2) is 6.69. The molecule has 1 aliphatic carbocycles. The smallest absolute Gasteiger partial charge is 0.126 e. The van der Waals surface area contributed by atoms with E-state index in [0.29, 0.717) is 0 Å².